The highest BCUT2D eigenvalue weighted by atomic mass is 16.7. The van der Waals surface area contributed by atoms with Gasteiger partial charge in [-0.05, 0) is 43.7 Å². The molecule has 1 aliphatic heterocycles. The van der Waals surface area contributed by atoms with Gasteiger partial charge in [-0.25, -0.2) is 4.98 Å². The van der Waals surface area contributed by atoms with E-state index in [2.05, 4.69) is 16.9 Å². The molecule has 0 aliphatic carbocycles. The maximum atomic E-state index is 5.52. The average molecular weight is 335 g/mol. The third-order valence-corrected chi connectivity index (χ3v) is 4.31. The van der Waals surface area contributed by atoms with Gasteiger partial charge in [0, 0.05) is 17.7 Å². The minimum atomic E-state index is 0.271. The van der Waals surface area contributed by atoms with Crippen LogP contribution >= 0.6 is 0 Å². The Labute approximate surface area is 147 Å². The standard InChI is InChI=1S/C20H21N3O2/c1-3-4-8-18-22-19(14-9-10-16-17(11-14)25-12-24-16)20(23-18)15-7-5-6-13(2)21-15/h5-7,9-11H,3-4,8,12H2,1-2H3,(H,22,23). The van der Waals surface area contributed by atoms with Crippen LogP contribution in [0.2, 0.25) is 0 Å². The summed E-state index contributed by atoms with van der Waals surface area (Å²) in [7, 11) is 0. The third kappa shape index (κ3) is 3.09. The molecule has 1 N–H and O–H groups in total. The van der Waals surface area contributed by atoms with E-state index < -0.39 is 0 Å². The minimum absolute atomic E-state index is 0.271. The van der Waals surface area contributed by atoms with Crippen LogP contribution < -0.4 is 9.47 Å². The predicted molar refractivity (Wildman–Crippen MR) is 96.7 cm³/mol. The normalized spacial score (nSPS) is 12.6. The van der Waals surface area contributed by atoms with Gasteiger partial charge in [-0.2, -0.15) is 0 Å². The lowest BCUT2D eigenvalue weighted by Gasteiger charge is -2.04. The van der Waals surface area contributed by atoms with E-state index in [1.807, 2.05) is 43.3 Å². The zero-order valence-electron chi connectivity index (χ0n) is 14.5. The zero-order valence-corrected chi connectivity index (χ0v) is 14.5. The molecule has 0 amide bonds. The van der Waals surface area contributed by atoms with Gasteiger partial charge >= 0.3 is 0 Å². The molecule has 25 heavy (non-hydrogen) atoms. The number of ether oxygens (including phenoxy) is 2. The number of aryl methyl sites for hydroxylation is 2. The Balaban J connectivity index is 1.81. The summed E-state index contributed by atoms with van der Waals surface area (Å²) in [6.45, 7) is 4.45. The largest absolute Gasteiger partial charge is 0.454 e. The molecule has 1 aliphatic rings. The molecule has 0 unspecified atom stereocenters. The Morgan fingerprint density at radius 2 is 1.96 bits per heavy atom. The van der Waals surface area contributed by atoms with Crippen molar-refractivity contribution in [3.05, 3.63) is 47.9 Å². The van der Waals surface area contributed by atoms with E-state index in [9.17, 15) is 0 Å². The number of hydrogen-bond acceptors (Lipinski definition) is 4. The first-order valence-corrected chi connectivity index (χ1v) is 8.67. The number of aromatic nitrogens is 3. The van der Waals surface area contributed by atoms with Crippen molar-refractivity contribution in [1.29, 1.82) is 0 Å². The number of unbranched alkanes of at least 4 members (excludes halogenated alkanes) is 1. The van der Waals surface area contributed by atoms with Crippen molar-refractivity contribution in [2.45, 2.75) is 33.1 Å². The van der Waals surface area contributed by atoms with Crippen LogP contribution in [0.3, 0.4) is 0 Å². The summed E-state index contributed by atoms with van der Waals surface area (Å²) >= 11 is 0. The molecule has 4 rings (SSSR count). The monoisotopic (exact) mass is 335 g/mol. The molecule has 0 saturated heterocycles. The van der Waals surface area contributed by atoms with Crippen LogP contribution in [0.5, 0.6) is 11.5 Å². The highest BCUT2D eigenvalue weighted by Crippen LogP contribution is 2.38. The van der Waals surface area contributed by atoms with E-state index in [0.29, 0.717) is 0 Å². The fourth-order valence-corrected chi connectivity index (χ4v) is 3.01. The minimum Gasteiger partial charge on any atom is -0.454 e. The van der Waals surface area contributed by atoms with Crippen LogP contribution in [-0.4, -0.2) is 21.7 Å². The second-order valence-electron chi connectivity index (χ2n) is 6.24. The highest BCUT2D eigenvalue weighted by molar-refractivity contribution is 5.78. The van der Waals surface area contributed by atoms with Crippen molar-refractivity contribution in [2.24, 2.45) is 0 Å². The number of rotatable bonds is 5. The number of nitrogens with zero attached hydrogens (tertiary/aromatic N) is 2. The first-order chi connectivity index (χ1) is 12.2. The van der Waals surface area contributed by atoms with Crippen LogP contribution in [0.25, 0.3) is 22.6 Å². The molecule has 0 radical (unpaired) electrons. The Hall–Kier alpha value is -2.82. The fraction of sp³-hybridized carbons (Fsp3) is 0.300. The number of imidazole rings is 1. The van der Waals surface area contributed by atoms with Crippen molar-refractivity contribution >= 4 is 0 Å². The summed E-state index contributed by atoms with van der Waals surface area (Å²) < 4.78 is 10.9. The second-order valence-corrected chi connectivity index (χ2v) is 6.24. The van der Waals surface area contributed by atoms with Gasteiger partial charge in [0.05, 0.1) is 17.1 Å². The van der Waals surface area contributed by atoms with E-state index >= 15 is 0 Å². The molecule has 3 aromatic rings. The molecule has 2 aromatic heterocycles. The number of aromatic amines is 1. The summed E-state index contributed by atoms with van der Waals surface area (Å²) in [6.07, 6.45) is 3.17. The quantitative estimate of drug-likeness (QED) is 0.745. The van der Waals surface area contributed by atoms with E-state index in [0.717, 1.165) is 64.9 Å². The van der Waals surface area contributed by atoms with Crippen LogP contribution in [0.4, 0.5) is 0 Å². The summed E-state index contributed by atoms with van der Waals surface area (Å²) in [5.74, 6) is 2.53. The summed E-state index contributed by atoms with van der Waals surface area (Å²) in [5, 5.41) is 0. The lowest BCUT2D eigenvalue weighted by molar-refractivity contribution is 0.174. The molecular formula is C20H21N3O2. The molecule has 1 aromatic carbocycles. The summed E-state index contributed by atoms with van der Waals surface area (Å²) in [5.41, 5.74) is 4.75. The Bertz CT molecular complexity index is 902. The SMILES string of the molecule is CCCCc1nc(-c2ccc3c(c2)OCO3)c(-c2cccc(C)n2)[nH]1. The first-order valence-electron chi connectivity index (χ1n) is 8.67. The molecule has 5 nitrogen and oxygen atoms in total. The van der Waals surface area contributed by atoms with Crippen LogP contribution in [0, 0.1) is 6.92 Å². The van der Waals surface area contributed by atoms with Crippen LogP contribution in [0.15, 0.2) is 36.4 Å². The van der Waals surface area contributed by atoms with Gasteiger partial charge in [0.2, 0.25) is 6.79 Å². The molecule has 3 heterocycles. The summed E-state index contributed by atoms with van der Waals surface area (Å²) in [6, 6.07) is 12.0. The lowest BCUT2D eigenvalue weighted by Crippen LogP contribution is -1.92. The Morgan fingerprint density at radius 3 is 2.80 bits per heavy atom. The smallest absolute Gasteiger partial charge is 0.231 e. The lowest BCUT2D eigenvalue weighted by atomic mass is 10.1. The first kappa shape index (κ1) is 15.7. The topological polar surface area (TPSA) is 60.0 Å². The van der Waals surface area contributed by atoms with Crippen LogP contribution in [0.1, 0.15) is 31.3 Å². The van der Waals surface area contributed by atoms with Crippen molar-refractivity contribution in [3.8, 4) is 34.1 Å². The van der Waals surface area contributed by atoms with Gasteiger partial charge in [-0.15, -0.1) is 0 Å². The predicted octanol–water partition coefficient (Wildman–Crippen LogP) is 4.52. The molecule has 0 fully saturated rings. The maximum absolute atomic E-state index is 5.52. The molecule has 5 heteroatoms. The number of benzene rings is 1. The number of H-pyrrole nitrogens is 1. The van der Waals surface area contributed by atoms with Gasteiger partial charge in [0.25, 0.3) is 0 Å². The zero-order chi connectivity index (χ0) is 17.2. The van der Waals surface area contributed by atoms with Crippen molar-refractivity contribution in [3.63, 3.8) is 0 Å². The van der Waals surface area contributed by atoms with Crippen molar-refractivity contribution in [2.75, 3.05) is 6.79 Å². The number of fused-ring (bicyclic) bond motifs is 1. The Kier molecular flexibility index (Phi) is 4.14. The fourth-order valence-electron chi connectivity index (χ4n) is 3.01. The second kappa shape index (κ2) is 6.59. The number of nitrogens with one attached hydrogen (secondary N) is 1. The van der Waals surface area contributed by atoms with Crippen molar-refractivity contribution in [1.82, 2.24) is 15.0 Å². The maximum Gasteiger partial charge on any atom is 0.231 e. The van der Waals surface area contributed by atoms with Gasteiger partial charge < -0.3 is 14.5 Å². The molecule has 0 saturated carbocycles. The number of hydrogen-bond donors (Lipinski definition) is 1. The average Bonchev–Trinajstić information content (AvgIpc) is 3.26. The summed E-state index contributed by atoms with van der Waals surface area (Å²) in [4.78, 5) is 13.0. The van der Waals surface area contributed by atoms with Gasteiger partial charge in [0.15, 0.2) is 11.5 Å². The Morgan fingerprint density at radius 1 is 1.08 bits per heavy atom. The molecule has 128 valence electrons. The van der Waals surface area contributed by atoms with Gasteiger partial charge in [-0.1, -0.05) is 19.4 Å². The van der Waals surface area contributed by atoms with E-state index in [1.165, 1.54) is 0 Å². The van der Waals surface area contributed by atoms with E-state index in [4.69, 9.17) is 14.5 Å². The molecule has 0 spiro atoms. The van der Waals surface area contributed by atoms with Crippen LogP contribution in [-0.2, 0) is 6.42 Å². The third-order valence-electron chi connectivity index (χ3n) is 4.31. The molecule has 0 atom stereocenters. The highest BCUT2D eigenvalue weighted by Gasteiger charge is 2.19. The van der Waals surface area contributed by atoms with Gasteiger partial charge in [0.1, 0.15) is 5.82 Å². The van der Waals surface area contributed by atoms with Gasteiger partial charge in [-0.3, -0.25) is 4.98 Å². The number of pyridine rings is 1. The van der Waals surface area contributed by atoms with E-state index in [1.54, 1.807) is 0 Å². The van der Waals surface area contributed by atoms with Crippen molar-refractivity contribution < 1.29 is 9.47 Å². The van der Waals surface area contributed by atoms with E-state index in [-0.39, 0.29) is 6.79 Å². The molecular weight excluding hydrogens is 314 g/mol. The molecule has 0 bridgehead atoms.